The summed E-state index contributed by atoms with van der Waals surface area (Å²) in [7, 11) is 1.55. The number of carboxylic acids is 1. The highest BCUT2D eigenvalue weighted by atomic mass is 16.5. The minimum absolute atomic E-state index is 0.209. The van der Waals surface area contributed by atoms with Crippen molar-refractivity contribution in [3.8, 4) is 0 Å². The summed E-state index contributed by atoms with van der Waals surface area (Å²) in [4.78, 5) is 25.4. The fraction of sp³-hybridized carbons (Fsp3) is 0.529. The fourth-order valence-corrected chi connectivity index (χ4v) is 3.23. The van der Waals surface area contributed by atoms with Crippen LogP contribution in [0.2, 0.25) is 0 Å². The van der Waals surface area contributed by atoms with E-state index in [2.05, 4.69) is 0 Å². The van der Waals surface area contributed by atoms with Gasteiger partial charge in [0.25, 0.3) is 5.91 Å². The summed E-state index contributed by atoms with van der Waals surface area (Å²) in [5.41, 5.74) is 1.82. The molecule has 1 N–H and O–H groups in total. The van der Waals surface area contributed by atoms with Gasteiger partial charge in [-0.25, -0.2) is 4.79 Å². The van der Waals surface area contributed by atoms with Crippen molar-refractivity contribution in [3.05, 3.63) is 35.4 Å². The van der Waals surface area contributed by atoms with Gasteiger partial charge in [-0.05, 0) is 36.5 Å². The average Bonchev–Trinajstić information content (AvgIpc) is 2.90. The number of carbonyl (C=O) groups is 2. The molecule has 118 valence electrons. The van der Waals surface area contributed by atoms with Crippen LogP contribution in [0.25, 0.3) is 0 Å². The van der Waals surface area contributed by atoms with Crippen molar-refractivity contribution < 1.29 is 19.4 Å². The maximum absolute atomic E-state index is 12.6. The molecule has 22 heavy (non-hydrogen) atoms. The Kier molecular flexibility index (Phi) is 4.16. The predicted octanol–water partition coefficient (Wildman–Crippen LogP) is 2.27. The Bertz CT molecular complexity index is 565. The standard InChI is InChI=1S/C17H21NO4/c1-22-14-9-15(17(20)21)18(10-14)16(19)13-7-5-12(6-8-13)11-3-2-4-11/h5-8,11,14-15H,2-4,9-10H2,1H3,(H,20,21). The summed E-state index contributed by atoms with van der Waals surface area (Å²) in [6.07, 6.45) is 3.85. The van der Waals surface area contributed by atoms with E-state index in [1.807, 2.05) is 24.3 Å². The van der Waals surface area contributed by atoms with Crippen LogP contribution in [0.5, 0.6) is 0 Å². The molecule has 1 aromatic rings. The largest absolute Gasteiger partial charge is 0.480 e. The van der Waals surface area contributed by atoms with E-state index < -0.39 is 12.0 Å². The summed E-state index contributed by atoms with van der Waals surface area (Å²) >= 11 is 0. The van der Waals surface area contributed by atoms with Gasteiger partial charge in [0.2, 0.25) is 0 Å². The van der Waals surface area contributed by atoms with Gasteiger partial charge in [0.1, 0.15) is 6.04 Å². The third kappa shape index (κ3) is 2.73. The van der Waals surface area contributed by atoms with E-state index in [0.29, 0.717) is 24.4 Å². The first-order valence-corrected chi connectivity index (χ1v) is 7.76. The SMILES string of the molecule is COC1CC(C(=O)O)N(C(=O)c2ccc(C3CCC3)cc2)C1. The van der Waals surface area contributed by atoms with Crippen LogP contribution in [-0.4, -0.2) is 47.7 Å². The number of amides is 1. The van der Waals surface area contributed by atoms with Crippen molar-refractivity contribution in [3.63, 3.8) is 0 Å². The van der Waals surface area contributed by atoms with E-state index in [-0.39, 0.29) is 12.0 Å². The highest BCUT2D eigenvalue weighted by molar-refractivity contribution is 5.97. The van der Waals surface area contributed by atoms with Crippen molar-refractivity contribution >= 4 is 11.9 Å². The minimum atomic E-state index is -0.973. The van der Waals surface area contributed by atoms with E-state index in [1.54, 1.807) is 7.11 Å². The lowest BCUT2D eigenvalue weighted by molar-refractivity contribution is -0.141. The molecule has 0 bridgehead atoms. The molecule has 0 aromatic heterocycles. The molecule has 0 spiro atoms. The molecule has 1 saturated heterocycles. The first kappa shape index (κ1) is 15.0. The van der Waals surface area contributed by atoms with Crippen molar-refractivity contribution in [2.45, 2.75) is 43.7 Å². The second kappa shape index (κ2) is 6.08. The highest BCUT2D eigenvalue weighted by Crippen LogP contribution is 2.36. The number of carboxylic acid groups (broad SMARTS) is 1. The normalized spacial score (nSPS) is 25.0. The van der Waals surface area contributed by atoms with E-state index in [0.717, 1.165) is 0 Å². The van der Waals surface area contributed by atoms with Crippen LogP contribution in [0.4, 0.5) is 0 Å². The predicted molar refractivity (Wildman–Crippen MR) is 80.9 cm³/mol. The smallest absolute Gasteiger partial charge is 0.326 e. The molecule has 0 radical (unpaired) electrons. The van der Waals surface area contributed by atoms with Crippen molar-refractivity contribution in [2.24, 2.45) is 0 Å². The van der Waals surface area contributed by atoms with E-state index in [1.165, 1.54) is 29.7 Å². The van der Waals surface area contributed by atoms with Crippen LogP contribution in [0.15, 0.2) is 24.3 Å². The number of hydrogen-bond acceptors (Lipinski definition) is 3. The number of rotatable bonds is 4. The Balaban J connectivity index is 1.75. The van der Waals surface area contributed by atoms with E-state index in [4.69, 9.17) is 4.74 Å². The summed E-state index contributed by atoms with van der Waals surface area (Å²) in [6.45, 7) is 0.330. The zero-order valence-corrected chi connectivity index (χ0v) is 12.7. The van der Waals surface area contributed by atoms with Gasteiger partial charge in [-0.3, -0.25) is 4.79 Å². The van der Waals surface area contributed by atoms with Crippen molar-refractivity contribution in [1.82, 2.24) is 4.90 Å². The van der Waals surface area contributed by atoms with Crippen molar-refractivity contribution in [1.29, 1.82) is 0 Å². The molecule has 1 aliphatic heterocycles. The minimum Gasteiger partial charge on any atom is -0.480 e. The van der Waals surface area contributed by atoms with Gasteiger partial charge in [-0.2, -0.15) is 0 Å². The van der Waals surface area contributed by atoms with Gasteiger partial charge in [0.15, 0.2) is 0 Å². The summed E-state index contributed by atoms with van der Waals surface area (Å²) < 4.78 is 5.22. The first-order valence-electron chi connectivity index (χ1n) is 7.76. The zero-order chi connectivity index (χ0) is 15.7. The van der Waals surface area contributed by atoms with Crippen molar-refractivity contribution in [2.75, 3.05) is 13.7 Å². The van der Waals surface area contributed by atoms with Gasteiger partial charge in [-0.1, -0.05) is 18.6 Å². The van der Waals surface area contributed by atoms with Gasteiger partial charge in [-0.15, -0.1) is 0 Å². The van der Waals surface area contributed by atoms with Crippen LogP contribution in [0, 0.1) is 0 Å². The Morgan fingerprint density at radius 3 is 2.41 bits per heavy atom. The lowest BCUT2D eigenvalue weighted by atomic mass is 9.80. The van der Waals surface area contributed by atoms with Crippen LogP contribution in [0.1, 0.15) is 47.5 Å². The second-order valence-corrected chi connectivity index (χ2v) is 6.15. The number of ether oxygens (including phenoxy) is 1. The molecule has 2 aliphatic rings. The quantitative estimate of drug-likeness (QED) is 0.926. The molecule has 2 unspecified atom stereocenters. The number of hydrogen-bond donors (Lipinski definition) is 1. The first-order chi connectivity index (χ1) is 10.6. The third-order valence-electron chi connectivity index (χ3n) is 4.88. The molecule has 1 aromatic carbocycles. The molecule has 2 fully saturated rings. The molecule has 1 saturated carbocycles. The van der Waals surface area contributed by atoms with Gasteiger partial charge < -0.3 is 14.7 Å². The number of aliphatic carboxylic acids is 1. The summed E-state index contributed by atoms with van der Waals surface area (Å²) in [5.74, 6) is -0.577. The molecule has 1 amide bonds. The van der Waals surface area contributed by atoms with Crippen LogP contribution < -0.4 is 0 Å². The number of benzene rings is 1. The Labute approximate surface area is 129 Å². The van der Waals surface area contributed by atoms with E-state index >= 15 is 0 Å². The molecular formula is C17H21NO4. The maximum Gasteiger partial charge on any atom is 0.326 e. The van der Waals surface area contributed by atoms with Gasteiger partial charge >= 0.3 is 5.97 Å². The Morgan fingerprint density at radius 2 is 1.91 bits per heavy atom. The molecule has 5 heteroatoms. The lowest BCUT2D eigenvalue weighted by Gasteiger charge is -2.26. The van der Waals surface area contributed by atoms with Crippen LogP contribution in [-0.2, 0) is 9.53 Å². The molecule has 5 nitrogen and oxygen atoms in total. The maximum atomic E-state index is 12.6. The second-order valence-electron chi connectivity index (χ2n) is 6.15. The molecular weight excluding hydrogens is 282 g/mol. The lowest BCUT2D eigenvalue weighted by Crippen LogP contribution is -2.40. The van der Waals surface area contributed by atoms with E-state index in [9.17, 15) is 14.7 Å². The van der Waals surface area contributed by atoms with Gasteiger partial charge in [0.05, 0.1) is 6.10 Å². The highest BCUT2D eigenvalue weighted by Gasteiger charge is 2.40. The Morgan fingerprint density at radius 1 is 1.23 bits per heavy atom. The number of nitrogens with zero attached hydrogens (tertiary/aromatic N) is 1. The number of carbonyl (C=O) groups excluding carboxylic acids is 1. The number of methoxy groups -OCH3 is 1. The molecule has 3 rings (SSSR count). The van der Waals surface area contributed by atoms with Gasteiger partial charge in [0, 0.05) is 25.6 Å². The summed E-state index contributed by atoms with van der Waals surface area (Å²) in [6, 6.07) is 6.82. The van der Waals surface area contributed by atoms with Crippen LogP contribution in [0.3, 0.4) is 0 Å². The monoisotopic (exact) mass is 303 g/mol. The summed E-state index contributed by atoms with van der Waals surface area (Å²) in [5, 5.41) is 9.30. The van der Waals surface area contributed by atoms with Crippen LogP contribution >= 0.6 is 0 Å². The zero-order valence-electron chi connectivity index (χ0n) is 12.7. The third-order valence-corrected chi connectivity index (χ3v) is 4.88. The topological polar surface area (TPSA) is 66.8 Å². The number of likely N-dealkylation sites (tertiary alicyclic amines) is 1. The molecule has 1 aliphatic carbocycles. The molecule has 1 heterocycles. The molecule has 2 atom stereocenters. The Hall–Kier alpha value is -1.88. The fourth-order valence-electron chi connectivity index (χ4n) is 3.23. The average molecular weight is 303 g/mol.